The molecule has 3 aromatic rings. The number of hydrogen-bond acceptors (Lipinski definition) is 8. The van der Waals surface area contributed by atoms with E-state index in [1.165, 1.54) is 43.7 Å². The van der Waals surface area contributed by atoms with Crippen molar-refractivity contribution in [2.24, 2.45) is 0 Å². The third kappa shape index (κ3) is 5.65. The highest BCUT2D eigenvalue weighted by atomic mass is 32.2. The van der Waals surface area contributed by atoms with Crippen molar-refractivity contribution >= 4 is 21.3 Å². The van der Waals surface area contributed by atoms with Gasteiger partial charge in [0.25, 0.3) is 17.7 Å². The van der Waals surface area contributed by atoms with Crippen LogP contribution in [0.2, 0.25) is 0 Å². The van der Waals surface area contributed by atoms with Gasteiger partial charge in [0.15, 0.2) is 17.1 Å². The van der Waals surface area contributed by atoms with Crippen molar-refractivity contribution in [2.75, 3.05) is 18.7 Å². The number of benzene rings is 1. The number of nitrogens with one attached hydrogen (secondary N) is 2. The molecule has 208 valence electrons. The van der Waals surface area contributed by atoms with Crippen molar-refractivity contribution in [2.45, 2.75) is 49.9 Å². The van der Waals surface area contributed by atoms with Gasteiger partial charge in [0.2, 0.25) is 0 Å². The van der Waals surface area contributed by atoms with Gasteiger partial charge in [0.05, 0.1) is 22.5 Å². The van der Waals surface area contributed by atoms with Gasteiger partial charge in [-0.25, -0.2) is 18.4 Å². The minimum absolute atomic E-state index is 0.0754. The largest absolute Gasteiger partial charge is 0.478 e. The summed E-state index contributed by atoms with van der Waals surface area (Å²) in [4.78, 5) is 17.6. The highest BCUT2D eigenvalue weighted by molar-refractivity contribution is 7.91. The maximum absolute atomic E-state index is 15.0. The number of nitrogens with zero attached hydrogens (tertiary/aromatic N) is 3. The minimum atomic E-state index is -4.92. The number of carbonyl (C=O) groups excluding carboxylic acids is 1. The molecule has 0 spiro atoms. The van der Waals surface area contributed by atoms with E-state index in [1.54, 1.807) is 6.92 Å². The van der Waals surface area contributed by atoms with Crippen LogP contribution < -0.4 is 14.8 Å². The molecule has 1 amide bonds. The van der Waals surface area contributed by atoms with Crippen molar-refractivity contribution in [3.8, 4) is 17.5 Å². The number of aromatic nitrogens is 3. The molecule has 0 aliphatic heterocycles. The van der Waals surface area contributed by atoms with Gasteiger partial charge in [-0.15, -0.1) is 10.2 Å². The lowest BCUT2D eigenvalue weighted by Crippen LogP contribution is -2.30. The number of rotatable bonds is 7. The van der Waals surface area contributed by atoms with Gasteiger partial charge in [-0.05, 0) is 68.5 Å². The summed E-state index contributed by atoms with van der Waals surface area (Å²) in [5.41, 5.74) is -3.54. The number of aryl methyl sites for hydroxylation is 1. The second kappa shape index (κ2) is 10.1. The summed E-state index contributed by atoms with van der Waals surface area (Å²) >= 11 is 0. The van der Waals surface area contributed by atoms with Crippen molar-refractivity contribution in [1.82, 2.24) is 15.2 Å². The third-order valence-corrected chi connectivity index (χ3v) is 7.50. The quantitative estimate of drug-likeness (QED) is 0.338. The molecule has 1 saturated carbocycles. The summed E-state index contributed by atoms with van der Waals surface area (Å²) in [7, 11) is -1.86. The fourth-order valence-corrected chi connectivity index (χ4v) is 4.77. The molecule has 0 bridgehead atoms. The molecular weight excluding hydrogens is 542 g/mol. The summed E-state index contributed by atoms with van der Waals surface area (Å²) in [5.74, 6) is -1.80. The Morgan fingerprint density at radius 1 is 1.15 bits per heavy atom. The monoisotopic (exact) mass is 567 g/mol. The SMILES string of the molecule is COc1nc(C2(F)CCC2)cc(C)c1Oc1nnc(C(F)(F)F)c(C)c1C(=O)Nc1cccc(S(C)(=N)=O)c1. The molecule has 0 saturated heterocycles. The van der Waals surface area contributed by atoms with Crippen molar-refractivity contribution in [3.05, 3.63) is 58.4 Å². The van der Waals surface area contributed by atoms with E-state index in [-0.39, 0.29) is 27.9 Å². The highest BCUT2D eigenvalue weighted by Crippen LogP contribution is 2.47. The number of carbonyl (C=O) groups is 1. The molecule has 39 heavy (non-hydrogen) atoms. The predicted molar refractivity (Wildman–Crippen MR) is 133 cm³/mol. The molecule has 1 fully saturated rings. The van der Waals surface area contributed by atoms with Crippen LogP contribution in [-0.2, 0) is 21.6 Å². The Balaban J connectivity index is 1.79. The van der Waals surface area contributed by atoms with Crippen LogP contribution in [0.25, 0.3) is 0 Å². The lowest BCUT2D eigenvalue weighted by Gasteiger charge is -2.33. The Bertz CT molecular complexity index is 1560. The van der Waals surface area contributed by atoms with Crippen molar-refractivity contribution < 1.29 is 36.0 Å². The first-order chi connectivity index (χ1) is 18.1. The van der Waals surface area contributed by atoms with E-state index in [4.69, 9.17) is 14.3 Å². The Hall–Kier alpha value is -3.81. The zero-order chi connectivity index (χ0) is 28.8. The molecule has 1 aromatic carbocycles. The molecule has 1 aliphatic carbocycles. The van der Waals surface area contributed by atoms with E-state index in [2.05, 4.69) is 20.5 Å². The van der Waals surface area contributed by atoms with E-state index >= 15 is 4.39 Å². The van der Waals surface area contributed by atoms with Crippen LogP contribution in [0.5, 0.6) is 17.5 Å². The summed E-state index contributed by atoms with van der Waals surface area (Å²) in [5, 5.41) is 9.24. The molecular formula is C25H25F4N5O4S. The first kappa shape index (κ1) is 28.2. The molecule has 2 aromatic heterocycles. The zero-order valence-corrected chi connectivity index (χ0v) is 22.2. The number of methoxy groups -OCH3 is 1. The second-order valence-corrected chi connectivity index (χ2v) is 11.4. The normalized spacial score (nSPS) is 16.1. The smallest absolute Gasteiger partial charge is 0.435 e. The van der Waals surface area contributed by atoms with E-state index in [0.717, 1.165) is 6.92 Å². The maximum Gasteiger partial charge on any atom is 0.435 e. The molecule has 1 unspecified atom stereocenters. The van der Waals surface area contributed by atoms with Gasteiger partial charge in [-0.1, -0.05) is 6.07 Å². The fourth-order valence-electron chi connectivity index (χ4n) is 4.08. The maximum atomic E-state index is 15.0. The Morgan fingerprint density at radius 2 is 1.85 bits per heavy atom. The van der Waals surface area contributed by atoms with E-state index in [1.807, 2.05) is 0 Å². The van der Waals surface area contributed by atoms with Crippen LogP contribution in [0, 0.1) is 18.6 Å². The number of alkyl halides is 4. The summed E-state index contributed by atoms with van der Waals surface area (Å²) in [6.07, 6.45) is -2.43. The Labute approximate surface area is 221 Å². The number of amides is 1. The number of hydrogen-bond donors (Lipinski definition) is 2. The van der Waals surface area contributed by atoms with E-state index in [0.29, 0.717) is 24.8 Å². The second-order valence-electron chi connectivity index (χ2n) is 9.26. The average molecular weight is 568 g/mol. The standard InChI is InChI=1S/C25H25F4N5O4S/c1-13-11-17(24(26)9-6-10-24)32-23(37-3)19(13)38-22-18(14(2)20(33-34-22)25(27,28)29)21(35)31-15-7-5-8-16(12-15)39(4,30)36/h5,7-8,11-12,30H,6,9-10H2,1-4H3,(H,31,35). The first-order valence-electron chi connectivity index (χ1n) is 11.7. The van der Waals surface area contributed by atoms with Crippen LogP contribution in [-0.4, -0.2) is 38.7 Å². The topological polar surface area (TPSA) is 127 Å². The summed E-state index contributed by atoms with van der Waals surface area (Å²) < 4.78 is 86.9. The van der Waals surface area contributed by atoms with Crippen molar-refractivity contribution in [3.63, 3.8) is 0 Å². The molecule has 9 nitrogen and oxygen atoms in total. The molecule has 2 heterocycles. The van der Waals surface area contributed by atoms with Gasteiger partial charge in [0, 0.05) is 16.8 Å². The Kier molecular flexibility index (Phi) is 7.27. The van der Waals surface area contributed by atoms with Crippen LogP contribution in [0.15, 0.2) is 35.2 Å². The predicted octanol–water partition coefficient (Wildman–Crippen LogP) is 5.94. The Morgan fingerprint density at radius 3 is 2.41 bits per heavy atom. The fraction of sp³-hybridized carbons (Fsp3) is 0.360. The molecule has 4 rings (SSSR count). The number of pyridine rings is 1. The summed E-state index contributed by atoms with van der Waals surface area (Å²) in [6, 6.07) is 7.03. The van der Waals surface area contributed by atoms with Crippen LogP contribution >= 0.6 is 0 Å². The third-order valence-electron chi connectivity index (χ3n) is 6.35. The molecule has 1 aliphatic rings. The van der Waals surface area contributed by atoms with Gasteiger partial charge in [0.1, 0.15) is 5.56 Å². The molecule has 2 N–H and O–H groups in total. The van der Waals surface area contributed by atoms with Gasteiger partial charge >= 0.3 is 6.18 Å². The van der Waals surface area contributed by atoms with Crippen molar-refractivity contribution in [1.29, 1.82) is 4.78 Å². The number of halogens is 4. The molecule has 14 heteroatoms. The van der Waals surface area contributed by atoms with E-state index < -0.39 is 50.2 Å². The highest BCUT2D eigenvalue weighted by Gasteiger charge is 2.42. The molecule has 0 radical (unpaired) electrons. The van der Waals surface area contributed by atoms with Crippen LogP contribution in [0.1, 0.15) is 52.1 Å². The van der Waals surface area contributed by atoms with Crippen LogP contribution in [0.4, 0.5) is 23.2 Å². The van der Waals surface area contributed by atoms with E-state index in [9.17, 15) is 22.2 Å². The first-order valence-corrected chi connectivity index (χ1v) is 13.6. The molecule has 1 atom stereocenters. The van der Waals surface area contributed by atoms with Gasteiger partial charge in [-0.3, -0.25) is 4.79 Å². The van der Waals surface area contributed by atoms with Gasteiger partial charge < -0.3 is 14.8 Å². The van der Waals surface area contributed by atoms with Crippen LogP contribution in [0.3, 0.4) is 0 Å². The summed E-state index contributed by atoms with van der Waals surface area (Å²) in [6.45, 7) is 2.62. The minimum Gasteiger partial charge on any atom is -0.478 e. The number of anilines is 1. The average Bonchev–Trinajstić information content (AvgIpc) is 2.82. The van der Waals surface area contributed by atoms with Gasteiger partial charge in [-0.2, -0.15) is 13.2 Å². The lowest BCUT2D eigenvalue weighted by molar-refractivity contribution is -0.142. The lowest BCUT2D eigenvalue weighted by atomic mass is 9.79. The zero-order valence-electron chi connectivity index (χ0n) is 21.4. The number of ether oxygens (including phenoxy) is 2.